The molecule has 0 spiro atoms. The molecule has 18 rings (SSSR count). The van der Waals surface area contributed by atoms with E-state index >= 15 is 0 Å². The van der Waals surface area contributed by atoms with Gasteiger partial charge in [-0.3, -0.25) is 62.7 Å². The Morgan fingerprint density at radius 3 is 1.39 bits per heavy atom. The van der Waals surface area contributed by atoms with Crippen LogP contribution in [0.4, 0.5) is 0 Å². The van der Waals surface area contributed by atoms with Gasteiger partial charge in [-0.1, -0.05) is 120 Å². The van der Waals surface area contributed by atoms with Crippen LogP contribution in [0.2, 0.25) is 5.02 Å². The highest BCUT2D eigenvalue weighted by molar-refractivity contribution is 9.11. The number of ether oxygens (including phenoxy) is 1. The van der Waals surface area contributed by atoms with Gasteiger partial charge in [0, 0.05) is 231 Å². The van der Waals surface area contributed by atoms with E-state index in [1.807, 2.05) is 152 Å². The number of pyridine rings is 2. The SMILES string of the molecule is C=CC(=O)N1CC(CC(=O)Cn2c(C)c(C(=O)N3CCc4ccncc4C3)c3cc(Br)ccc32)C1.C=CC(=O)N1CC(CC(=O)Cn2cc(C(=O)N3CCc4c(Cl)cccc4C3)c3cc(Br)ccc32)C1.C=CC(=O)N1CC(CC(=O)Cn2cc(C(=O)OC)c3cc(Br)ccc32)C1.C=CC(=O)N1CC(NC(=O)Cn2c(C)c(C(=O)N3CCc4cccnc4C3)c3cc(Br)ccc32)C1. The summed E-state index contributed by atoms with van der Waals surface area (Å²) in [7, 11) is 1.33. The number of rotatable bonds is 23. The number of hydrogen-bond donors (Lipinski definition) is 1. The Morgan fingerprint density at radius 1 is 0.450 bits per heavy atom. The Labute approximate surface area is 795 Å². The van der Waals surface area contributed by atoms with Crippen LogP contribution in [0.5, 0.6) is 0 Å². The maximum atomic E-state index is 13.8. The number of carbonyl (C=O) groups is 12. The van der Waals surface area contributed by atoms with E-state index in [1.54, 1.807) is 49.0 Å². The van der Waals surface area contributed by atoms with Crippen LogP contribution in [0.3, 0.4) is 0 Å². The molecule has 0 unspecified atom stereocenters. The fourth-order valence-corrected chi connectivity index (χ4v) is 20.2. The van der Waals surface area contributed by atoms with Gasteiger partial charge in [0.25, 0.3) is 17.7 Å². The van der Waals surface area contributed by atoms with Gasteiger partial charge in [0.15, 0.2) is 17.3 Å². The van der Waals surface area contributed by atoms with Crippen LogP contribution < -0.4 is 5.32 Å². The first-order valence-corrected chi connectivity index (χ1v) is 46.7. The molecule has 8 amide bonds. The summed E-state index contributed by atoms with van der Waals surface area (Å²) in [6, 6.07) is 34.7. The van der Waals surface area contributed by atoms with Crippen molar-refractivity contribution in [1.82, 2.24) is 67.9 Å². The molecule has 0 bridgehead atoms. The summed E-state index contributed by atoms with van der Waals surface area (Å²) in [6.45, 7) is 26.3. The summed E-state index contributed by atoms with van der Waals surface area (Å²) in [5, 5.41) is 6.96. The third-order valence-electron chi connectivity index (χ3n) is 25.3. The first kappa shape index (κ1) is 93.6. The minimum absolute atomic E-state index is 0.0242. The minimum Gasteiger partial charge on any atom is -0.465 e. The van der Waals surface area contributed by atoms with Gasteiger partial charge in [-0.15, -0.1) is 0 Å². The molecule has 1 N–H and O–H groups in total. The molecule has 7 aliphatic rings. The fourth-order valence-electron chi connectivity index (χ4n) is 18.4. The van der Waals surface area contributed by atoms with Gasteiger partial charge in [0.2, 0.25) is 29.5 Å². The average molecular weight is 2050 g/mol. The summed E-state index contributed by atoms with van der Waals surface area (Å²) in [5.74, 6) is -0.367. The number of Topliss-reactive ketones (excluding diaryl/α,β-unsaturated/α-hetero) is 3. The third-order valence-corrected chi connectivity index (χ3v) is 27.7. The third kappa shape index (κ3) is 20.7. The van der Waals surface area contributed by atoms with E-state index in [0.717, 1.165) is 113 Å². The summed E-state index contributed by atoms with van der Waals surface area (Å²) < 4.78 is 15.8. The molecule has 0 aliphatic carbocycles. The van der Waals surface area contributed by atoms with E-state index in [9.17, 15) is 57.5 Å². The van der Waals surface area contributed by atoms with Crippen LogP contribution in [0, 0.1) is 31.6 Å². The van der Waals surface area contributed by atoms with Crippen LogP contribution in [0.25, 0.3) is 43.6 Å². The van der Waals surface area contributed by atoms with Crippen molar-refractivity contribution in [2.45, 2.75) is 104 Å². The molecule has 32 heteroatoms. The maximum Gasteiger partial charge on any atom is 0.340 e. The lowest BCUT2D eigenvalue weighted by atomic mass is 9.94. The van der Waals surface area contributed by atoms with Gasteiger partial charge in [-0.05, 0) is 176 Å². The standard InChI is InChI=1S/C27H25BrClN3O3.C27H27BrN4O3.C26H26BrN5O3.C19H19BrN2O4/c1-2-26(34)32-12-17(13-32)10-20(33)15-31-16-23(22-11-19(28)6-7-25(22)31)27(35)30-9-8-21-18(14-30)4-3-5-24(21)29;1-3-25(34)31-13-18(14-31)10-22(33)16-32-17(2)26(23-11-21(28)4-5-24(23)32)27(35)30-9-7-19-6-8-29-12-20(19)15-30;1-3-24(34)31-12-19(13-31)29-23(33)15-32-16(2)25(20-11-18(27)6-7-22(20)32)26(35)30-10-8-17-5-4-9-28-21(17)14-30;1-3-18(24)22-8-12(9-22)6-14(23)10-21-11-16(19(25)26-2)15-7-13(20)4-5-17(15)21/h2-7,11,16-17H,1,8-10,12-15H2;3-6,8,11-12,18H,1,7,9-10,13-16H2,2H3;3-7,9,11,19H,1,8,10,12-15H2,2H3,(H,29,33);3-5,7,11-12H,1,6,8-10H2,2H3. The zero-order valence-electron chi connectivity index (χ0n) is 72.7. The molecule has 0 atom stereocenters. The first-order chi connectivity index (χ1) is 63.0. The minimum atomic E-state index is -0.433. The fraction of sp³-hybridized carbons (Fsp3) is 0.313. The number of methoxy groups -OCH3 is 1. The number of aromatic nitrogens is 6. The zero-order chi connectivity index (χ0) is 92.9. The van der Waals surface area contributed by atoms with E-state index in [4.69, 9.17) is 16.3 Å². The number of ketones is 3. The number of fused-ring (bicyclic) bond motifs is 7. The first-order valence-electron chi connectivity index (χ1n) is 43.2. The topological polar surface area (TPSA) is 294 Å². The molecule has 131 heavy (non-hydrogen) atoms. The zero-order valence-corrected chi connectivity index (χ0v) is 79.8. The lowest BCUT2D eigenvalue weighted by molar-refractivity contribution is -0.134. The van der Waals surface area contributed by atoms with Crippen molar-refractivity contribution in [3.05, 3.63) is 281 Å². The van der Waals surface area contributed by atoms with Gasteiger partial charge >= 0.3 is 5.97 Å². The number of hydrogen-bond acceptors (Lipinski definition) is 15. The van der Waals surface area contributed by atoms with Crippen molar-refractivity contribution in [2.75, 3.05) is 79.1 Å². The molecule has 4 fully saturated rings. The monoisotopic (exact) mass is 2040 g/mol. The van der Waals surface area contributed by atoms with E-state index in [-0.39, 0.29) is 115 Å². The van der Waals surface area contributed by atoms with Gasteiger partial charge in [-0.2, -0.15) is 0 Å². The highest BCUT2D eigenvalue weighted by Crippen LogP contribution is 2.38. The number of nitrogens with zero attached hydrogens (tertiary/aromatic N) is 13. The van der Waals surface area contributed by atoms with E-state index in [2.05, 4.69) is 111 Å². The van der Waals surface area contributed by atoms with Gasteiger partial charge < -0.3 is 62.6 Å². The van der Waals surface area contributed by atoms with Crippen LogP contribution >= 0.6 is 75.3 Å². The maximum absolute atomic E-state index is 13.8. The largest absolute Gasteiger partial charge is 0.465 e. The second-order valence-corrected chi connectivity index (χ2v) is 38.1. The Hall–Kier alpha value is -12.0. The normalized spacial score (nSPS) is 15.3. The number of likely N-dealkylation sites (tertiary alicyclic amines) is 4. The summed E-state index contributed by atoms with van der Waals surface area (Å²) in [4.78, 5) is 172. The molecule has 4 saturated heterocycles. The van der Waals surface area contributed by atoms with Crippen LogP contribution in [-0.2, 0) is 108 Å². The van der Waals surface area contributed by atoms with Crippen LogP contribution in [0.1, 0.15) is 106 Å². The Kier molecular flexibility index (Phi) is 29.1. The van der Waals surface area contributed by atoms with E-state index in [0.29, 0.717) is 140 Å². The highest BCUT2D eigenvalue weighted by Gasteiger charge is 2.38. The number of benzene rings is 5. The van der Waals surface area contributed by atoms with E-state index in [1.165, 1.54) is 42.5 Å². The van der Waals surface area contributed by atoms with Crippen molar-refractivity contribution in [3.8, 4) is 0 Å². The summed E-state index contributed by atoms with van der Waals surface area (Å²) in [6.07, 6.45) is 17.5. The lowest BCUT2D eigenvalue weighted by Crippen LogP contribution is -2.61. The molecule has 7 aliphatic heterocycles. The van der Waals surface area contributed by atoms with Crippen molar-refractivity contribution in [2.24, 2.45) is 17.8 Å². The van der Waals surface area contributed by atoms with Gasteiger partial charge in [0.1, 0.15) is 6.54 Å². The average Bonchev–Trinajstić information content (AvgIpc) is 1.60. The van der Waals surface area contributed by atoms with Gasteiger partial charge in [0.05, 0.1) is 67.3 Å². The van der Waals surface area contributed by atoms with Crippen LogP contribution in [0.15, 0.2) is 209 Å². The smallest absolute Gasteiger partial charge is 0.340 e. The number of carbonyl (C=O) groups excluding carboxylic acids is 12. The number of esters is 1. The quantitative estimate of drug-likeness (QED) is 0.0460. The molecule has 11 aromatic rings. The van der Waals surface area contributed by atoms with E-state index < -0.39 is 5.97 Å². The molecule has 27 nitrogen and oxygen atoms in total. The summed E-state index contributed by atoms with van der Waals surface area (Å²) in [5.41, 5.74) is 13.8. The predicted octanol–water partition coefficient (Wildman–Crippen LogP) is 14.4. The predicted molar refractivity (Wildman–Crippen MR) is 513 cm³/mol. The second-order valence-electron chi connectivity index (χ2n) is 34.0. The molecule has 13 heterocycles. The Bertz CT molecular complexity index is 6300. The Balaban J connectivity index is 0.000000135. The lowest BCUT2D eigenvalue weighted by Gasteiger charge is -2.38. The van der Waals surface area contributed by atoms with Crippen molar-refractivity contribution >= 4 is 190 Å². The molecule has 0 saturated carbocycles. The second kappa shape index (κ2) is 40.8. The highest BCUT2D eigenvalue weighted by atomic mass is 79.9. The molecular weight excluding hydrogens is 1950 g/mol. The molecule has 676 valence electrons. The molecular formula is C99H97Br4ClN14O13. The van der Waals surface area contributed by atoms with Crippen LogP contribution in [-0.4, -0.2) is 218 Å². The Morgan fingerprint density at radius 2 is 0.878 bits per heavy atom. The molecule has 5 aromatic carbocycles. The van der Waals surface area contributed by atoms with Crippen molar-refractivity contribution in [1.29, 1.82) is 0 Å². The number of nitrogens with one attached hydrogen (secondary N) is 1. The van der Waals surface area contributed by atoms with Crippen molar-refractivity contribution in [3.63, 3.8) is 0 Å². The number of amides is 8. The molecule has 6 aromatic heterocycles. The number of halogens is 5. The molecule has 0 radical (unpaired) electrons. The van der Waals surface area contributed by atoms with Crippen molar-refractivity contribution < 1.29 is 62.3 Å². The van der Waals surface area contributed by atoms with Gasteiger partial charge in [-0.25, -0.2) is 4.79 Å². The summed E-state index contributed by atoms with van der Waals surface area (Å²) >= 11 is 20.3.